The summed E-state index contributed by atoms with van der Waals surface area (Å²) in [5.41, 5.74) is 0. The fourth-order valence-electron chi connectivity index (χ4n) is 2.28. The molecular formula is C12H23NO3S. The SMILES string of the molecule is C=CCCS(=O)(=O)N1CCCCC1C(O)CC. The van der Waals surface area contributed by atoms with Crippen LogP contribution >= 0.6 is 0 Å². The number of aliphatic hydroxyl groups excluding tert-OH is 1. The zero-order valence-corrected chi connectivity index (χ0v) is 11.3. The number of hydrogen-bond donors (Lipinski definition) is 1. The highest BCUT2D eigenvalue weighted by Gasteiger charge is 2.35. The first kappa shape index (κ1) is 14.7. The second-order valence-corrected chi connectivity index (χ2v) is 6.58. The number of piperidine rings is 1. The number of allylic oxidation sites excluding steroid dienone is 1. The van der Waals surface area contributed by atoms with Gasteiger partial charge < -0.3 is 5.11 Å². The second-order valence-electron chi connectivity index (χ2n) is 4.54. The maximum absolute atomic E-state index is 12.1. The topological polar surface area (TPSA) is 57.6 Å². The molecule has 2 atom stereocenters. The molecule has 2 unspecified atom stereocenters. The van der Waals surface area contributed by atoms with Crippen molar-refractivity contribution < 1.29 is 13.5 Å². The number of rotatable bonds is 6. The molecule has 0 spiro atoms. The predicted molar refractivity (Wildman–Crippen MR) is 69.2 cm³/mol. The lowest BCUT2D eigenvalue weighted by Gasteiger charge is -2.37. The van der Waals surface area contributed by atoms with Gasteiger partial charge in [0.05, 0.1) is 17.9 Å². The zero-order valence-electron chi connectivity index (χ0n) is 10.5. The minimum absolute atomic E-state index is 0.101. The van der Waals surface area contributed by atoms with Crippen LogP contribution in [0.15, 0.2) is 12.7 Å². The van der Waals surface area contributed by atoms with E-state index in [1.165, 1.54) is 4.31 Å². The highest BCUT2D eigenvalue weighted by Crippen LogP contribution is 2.24. The Morgan fingerprint density at radius 2 is 2.24 bits per heavy atom. The molecule has 1 aliphatic rings. The van der Waals surface area contributed by atoms with Gasteiger partial charge >= 0.3 is 0 Å². The summed E-state index contributed by atoms with van der Waals surface area (Å²) in [7, 11) is -3.25. The Morgan fingerprint density at radius 1 is 1.53 bits per heavy atom. The van der Waals surface area contributed by atoms with Gasteiger partial charge in [-0.1, -0.05) is 19.4 Å². The smallest absolute Gasteiger partial charge is 0.214 e. The fourth-order valence-corrected chi connectivity index (χ4v) is 4.05. The van der Waals surface area contributed by atoms with E-state index in [0.717, 1.165) is 19.3 Å². The predicted octanol–water partition coefficient (Wildman–Crippen LogP) is 1.52. The van der Waals surface area contributed by atoms with Crippen LogP contribution in [0.5, 0.6) is 0 Å². The van der Waals surface area contributed by atoms with E-state index in [0.29, 0.717) is 19.4 Å². The summed E-state index contributed by atoms with van der Waals surface area (Å²) in [5.74, 6) is 0.101. The Balaban J connectivity index is 2.80. The Kier molecular flexibility index (Phi) is 5.62. The fraction of sp³-hybridized carbons (Fsp3) is 0.833. The van der Waals surface area contributed by atoms with Gasteiger partial charge in [-0.3, -0.25) is 0 Å². The van der Waals surface area contributed by atoms with Gasteiger partial charge in [-0.05, 0) is 25.7 Å². The largest absolute Gasteiger partial charge is 0.391 e. The molecule has 1 rings (SSSR count). The van der Waals surface area contributed by atoms with Gasteiger partial charge in [-0.2, -0.15) is 4.31 Å². The molecule has 1 N–H and O–H groups in total. The second kappa shape index (κ2) is 6.52. The van der Waals surface area contributed by atoms with Gasteiger partial charge in [0.25, 0.3) is 0 Å². The van der Waals surface area contributed by atoms with Crippen molar-refractivity contribution in [3.05, 3.63) is 12.7 Å². The number of sulfonamides is 1. The molecule has 1 saturated heterocycles. The molecule has 100 valence electrons. The molecule has 1 fully saturated rings. The van der Waals surface area contributed by atoms with E-state index in [1.54, 1.807) is 6.08 Å². The number of nitrogens with zero attached hydrogens (tertiary/aromatic N) is 1. The summed E-state index contributed by atoms with van der Waals surface area (Å²) in [6.45, 7) is 5.97. The van der Waals surface area contributed by atoms with Gasteiger partial charge in [-0.15, -0.1) is 6.58 Å². The first-order valence-corrected chi connectivity index (χ1v) is 7.92. The first-order valence-electron chi connectivity index (χ1n) is 6.31. The molecule has 5 heteroatoms. The Morgan fingerprint density at radius 3 is 2.82 bits per heavy atom. The normalized spacial score (nSPS) is 24.5. The van der Waals surface area contributed by atoms with Crippen LogP contribution in [0.25, 0.3) is 0 Å². The number of aliphatic hydroxyl groups is 1. The minimum Gasteiger partial charge on any atom is -0.391 e. The molecule has 0 saturated carbocycles. The van der Waals surface area contributed by atoms with E-state index in [-0.39, 0.29) is 11.8 Å². The van der Waals surface area contributed by atoms with E-state index < -0.39 is 16.1 Å². The monoisotopic (exact) mass is 261 g/mol. The molecule has 1 aliphatic heterocycles. The Hall–Kier alpha value is -0.390. The van der Waals surface area contributed by atoms with Gasteiger partial charge in [0.15, 0.2) is 0 Å². The standard InChI is InChI=1S/C12H23NO3S/c1-3-5-10-17(15,16)13-9-7-6-8-11(13)12(14)4-2/h3,11-12,14H,1,4-10H2,2H3. The van der Waals surface area contributed by atoms with Crippen molar-refractivity contribution in [2.24, 2.45) is 0 Å². The molecule has 4 nitrogen and oxygen atoms in total. The molecule has 17 heavy (non-hydrogen) atoms. The maximum atomic E-state index is 12.1. The maximum Gasteiger partial charge on any atom is 0.214 e. The Bertz CT molecular complexity index is 340. The van der Waals surface area contributed by atoms with Crippen LogP contribution in [0.3, 0.4) is 0 Å². The summed E-state index contributed by atoms with van der Waals surface area (Å²) in [5, 5.41) is 9.92. The van der Waals surface area contributed by atoms with Crippen molar-refractivity contribution >= 4 is 10.0 Å². The highest BCUT2D eigenvalue weighted by molar-refractivity contribution is 7.89. The van der Waals surface area contributed by atoms with Crippen molar-refractivity contribution in [2.75, 3.05) is 12.3 Å². The average molecular weight is 261 g/mol. The van der Waals surface area contributed by atoms with E-state index in [4.69, 9.17) is 0 Å². The molecule has 0 radical (unpaired) electrons. The lowest BCUT2D eigenvalue weighted by Crippen LogP contribution is -2.50. The Labute approximate surface area is 104 Å². The molecule has 0 aromatic rings. The highest BCUT2D eigenvalue weighted by atomic mass is 32.2. The summed E-state index contributed by atoms with van der Waals surface area (Å²) in [6.07, 6.45) is 4.78. The van der Waals surface area contributed by atoms with Crippen molar-refractivity contribution in [3.63, 3.8) is 0 Å². The molecule has 1 heterocycles. The summed E-state index contributed by atoms with van der Waals surface area (Å²) >= 11 is 0. The summed E-state index contributed by atoms with van der Waals surface area (Å²) in [6, 6.07) is -0.233. The zero-order chi connectivity index (χ0) is 12.9. The van der Waals surface area contributed by atoms with Crippen LogP contribution in [0.1, 0.15) is 39.0 Å². The molecule has 0 bridgehead atoms. The molecular weight excluding hydrogens is 238 g/mol. The van der Waals surface area contributed by atoms with Crippen LogP contribution in [0.4, 0.5) is 0 Å². The van der Waals surface area contributed by atoms with E-state index >= 15 is 0 Å². The van der Waals surface area contributed by atoms with Crippen LogP contribution in [0, 0.1) is 0 Å². The van der Waals surface area contributed by atoms with E-state index in [9.17, 15) is 13.5 Å². The quantitative estimate of drug-likeness (QED) is 0.737. The molecule has 0 amide bonds. The lowest BCUT2D eigenvalue weighted by molar-refractivity contribution is 0.0668. The van der Waals surface area contributed by atoms with Crippen LogP contribution < -0.4 is 0 Å². The van der Waals surface area contributed by atoms with Crippen LogP contribution in [-0.4, -0.2) is 42.3 Å². The van der Waals surface area contributed by atoms with Crippen LogP contribution in [0.2, 0.25) is 0 Å². The summed E-state index contributed by atoms with van der Waals surface area (Å²) in [4.78, 5) is 0. The third kappa shape index (κ3) is 3.79. The lowest BCUT2D eigenvalue weighted by atomic mass is 9.98. The van der Waals surface area contributed by atoms with E-state index in [1.807, 2.05) is 6.92 Å². The van der Waals surface area contributed by atoms with Gasteiger partial charge in [0.2, 0.25) is 10.0 Å². The van der Waals surface area contributed by atoms with Crippen molar-refractivity contribution in [2.45, 2.75) is 51.2 Å². The molecule has 0 aromatic carbocycles. The first-order chi connectivity index (χ1) is 8.03. The number of hydrogen-bond acceptors (Lipinski definition) is 3. The third-order valence-corrected chi connectivity index (χ3v) is 5.22. The van der Waals surface area contributed by atoms with Crippen molar-refractivity contribution in [1.29, 1.82) is 0 Å². The molecule has 0 aliphatic carbocycles. The molecule has 0 aromatic heterocycles. The van der Waals surface area contributed by atoms with Gasteiger partial charge in [0, 0.05) is 6.54 Å². The van der Waals surface area contributed by atoms with E-state index in [2.05, 4.69) is 6.58 Å². The summed E-state index contributed by atoms with van der Waals surface area (Å²) < 4.78 is 25.8. The van der Waals surface area contributed by atoms with Gasteiger partial charge in [0.1, 0.15) is 0 Å². The third-order valence-electron chi connectivity index (χ3n) is 3.30. The minimum atomic E-state index is -3.25. The van der Waals surface area contributed by atoms with Crippen LogP contribution in [-0.2, 0) is 10.0 Å². The van der Waals surface area contributed by atoms with Crippen molar-refractivity contribution in [3.8, 4) is 0 Å². The van der Waals surface area contributed by atoms with Crippen molar-refractivity contribution in [1.82, 2.24) is 4.31 Å². The average Bonchev–Trinajstić information content (AvgIpc) is 2.35. The van der Waals surface area contributed by atoms with Gasteiger partial charge in [-0.25, -0.2) is 8.42 Å².